The fourth-order valence-corrected chi connectivity index (χ4v) is 5.81. The fraction of sp³-hybridized carbons (Fsp3) is 0.615. The van der Waals surface area contributed by atoms with Crippen LogP contribution >= 0.6 is 0 Å². The first-order chi connectivity index (χ1) is 29.4. The number of hydrogen-bond donors (Lipinski definition) is 15. The summed E-state index contributed by atoms with van der Waals surface area (Å²) < 4.78 is 0. The van der Waals surface area contributed by atoms with Crippen molar-refractivity contribution in [2.75, 3.05) is 13.1 Å². The first kappa shape index (κ1) is 55.1. The lowest BCUT2D eigenvalue weighted by atomic mass is 10.0. The predicted octanol–water partition coefficient (Wildman–Crippen LogP) is -4.84. The van der Waals surface area contributed by atoms with Crippen LogP contribution in [0.1, 0.15) is 72.3 Å². The highest BCUT2D eigenvalue weighted by Gasteiger charge is 2.37. The molecule has 24 nitrogen and oxygen atoms in total. The Morgan fingerprint density at radius 2 is 1.05 bits per heavy atom. The van der Waals surface area contributed by atoms with E-state index in [1.165, 1.54) is 31.2 Å². The number of hydrogen-bond acceptors (Lipinski definition) is 15. The average Bonchev–Trinajstić information content (AvgIpc) is 3.19. The van der Waals surface area contributed by atoms with E-state index in [9.17, 15) is 68.7 Å². The van der Waals surface area contributed by atoms with Gasteiger partial charge in [0, 0.05) is 6.42 Å². The van der Waals surface area contributed by atoms with Crippen LogP contribution < -0.4 is 48.7 Å². The molecule has 0 aliphatic rings. The minimum Gasteiger partial charge on any atom is -0.508 e. The van der Waals surface area contributed by atoms with Crippen LogP contribution in [-0.2, 0) is 49.6 Å². The maximum atomic E-state index is 13.7. The Bertz CT molecular complexity index is 1730. The fourth-order valence-electron chi connectivity index (χ4n) is 5.81. The number of nitrogens with one attached hydrogen (secondary N) is 7. The lowest BCUT2D eigenvalue weighted by Gasteiger charge is -2.29. The van der Waals surface area contributed by atoms with Gasteiger partial charge >= 0.3 is 11.9 Å². The number of phenolic OH excluding ortho intramolecular Hbond substituents is 1. The van der Waals surface area contributed by atoms with Gasteiger partial charge in [-0.3, -0.25) is 43.2 Å². The number of carbonyl (C=O) groups excluding carboxylic acids is 7. The molecule has 354 valence electrons. The second kappa shape index (κ2) is 27.2. The molecule has 0 aliphatic heterocycles. The molecule has 10 atom stereocenters. The van der Waals surface area contributed by atoms with Crippen LogP contribution in [0.25, 0.3) is 0 Å². The summed E-state index contributed by atoms with van der Waals surface area (Å²) in [5, 5.41) is 75.1. The molecule has 0 saturated heterocycles. The lowest BCUT2D eigenvalue weighted by Crippen LogP contribution is -2.63. The van der Waals surface area contributed by atoms with Crippen molar-refractivity contribution in [2.45, 2.75) is 134 Å². The van der Waals surface area contributed by atoms with E-state index in [1.807, 2.05) is 0 Å². The van der Waals surface area contributed by atoms with Crippen molar-refractivity contribution in [2.24, 2.45) is 17.4 Å². The normalized spacial score (nSPS) is 15.9. The summed E-state index contributed by atoms with van der Waals surface area (Å²) >= 11 is 0. The van der Waals surface area contributed by atoms with Crippen molar-refractivity contribution in [3.8, 4) is 5.75 Å². The molecular weight excluding hydrogens is 834 g/mol. The van der Waals surface area contributed by atoms with Crippen molar-refractivity contribution in [1.82, 2.24) is 37.2 Å². The molecule has 0 radical (unpaired) electrons. The number of benzene rings is 1. The number of amides is 7. The number of unbranched alkanes of at least 4 members (excludes halogenated alkanes) is 1. The summed E-state index contributed by atoms with van der Waals surface area (Å²) in [5.41, 5.74) is 11.7. The van der Waals surface area contributed by atoms with Gasteiger partial charge in [0.05, 0.1) is 24.7 Å². The van der Waals surface area contributed by atoms with E-state index in [0.29, 0.717) is 18.4 Å². The van der Waals surface area contributed by atoms with E-state index in [2.05, 4.69) is 37.2 Å². The Morgan fingerprint density at radius 1 is 0.571 bits per heavy atom. The maximum absolute atomic E-state index is 13.7. The lowest BCUT2D eigenvalue weighted by molar-refractivity contribution is -0.142. The number of aromatic hydroxyl groups is 1. The molecule has 24 heteroatoms. The molecule has 0 aliphatic carbocycles. The van der Waals surface area contributed by atoms with Gasteiger partial charge in [0.1, 0.15) is 54.6 Å². The molecule has 7 amide bonds. The van der Waals surface area contributed by atoms with Crippen LogP contribution in [0.15, 0.2) is 24.3 Å². The summed E-state index contributed by atoms with van der Waals surface area (Å²) in [5.74, 6) is -10.8. The third-order valence-electron chi connectivity index (χ3n) is 9.30. The Balaban J connectivity index is 3.33. The monoisotopic (exact) mass is 897 g/mol. The highest BCUT2D eigenvalue weighted by atomic mass is 16.4. The van der Waals surface area contributed by atoms with Gasteiger partial charge in [-0.25, -0.2) is 0 Å². The minimum atomic E-state index is -1.86. The zero-order valence-electron chi connectivity index (χ0n) is 35.8. The van der Waals surface area contributed by atoms with Gasteiger partial charge in [-0.15, -0.1) is 0 Å². The van der Waals surface area contributed by atoms with Crippen LogP contribution in [0.2, 0.25) is 0 Å². The summed E-state index contributed by atoms with van der Waals surface area (Å²) in [6.07, 6.45) is -5.23. The Labute approximate surface area is 363 Å². The largest absolute Gasteiger partial charge is 0.508 e. The van der Waals surface area contributed by atoms with E-state index in [4.69, 9.17) is 16.6 Å². The van der Waals surface area contributed by atoms with Crippen molar-refractivity contribution in [3.05, 3.63) is 29.8 Å². The zero-order chi connectivity index (χ0) is 48.1. The van der Waals surface area contributed by atoms with Gasteiger partial charge in [0.25, 0.3) is 0 Å². The smallest absolute Gasteiger partial charge is 0.322 e. The van der Waals surface area contributed by atoms with Crippen LogP contribution in [0, 0.1) is 5.92 Å². The van der Waals surface area contributed by atoms with Gasteiger partial charge in [-0.05, 0) is 76.6 Å². The maximum Gasteiger partial charge on any atom is 0.322 e. The number of aliphatic hydroxyl groups excluding tert-OH is 3. The van der Waals surface area contributed by atoms with Crippen LogP contribution in [0.5, 0.6) is 5.75 Å². The van der Waals surface area contributed by atoms with Crippen LogP contribution in [-0.4, -0.2) is 158 Å². The van der Waals surface area contributed by atoms with E-state index in [0.717, 1.165) is 13.8 Å². The van der Waals surface area contributed by atoms with Gasteiger partial charge in [0.2, 0.25) is 41.4 Å². The second-order valence-electron chi connectivity index (χ2n) is 15.5. The van der Waals surface area contributed by atoms with Gasteiger partial charge in [0.15, 0.2) is 0 Å². The molecule has 0 spiro atoms. The number of aliphatic carboxylic acids is 2. The van der Waals surface area contributed by atoms with E-state index >= 15 is 0 Å². The number of carboxylic acid groups (broad SMARTS) is 2. The zero-order valence-corrected chi connectivity index (χ0v) is 35.8. The first-order valence-electron chi connectivity index (χ1n) is 20.2. The average molecular weight is 898 g/mol. The summed E-state index contributed by atoms with van der Waals surface area (Å²) in [7, 11) is 0. The van der Waals surface area contributed by atoms with E-state index in [1.54, 1.807) is 13.8 Å². The third kappa shape index (κ3) is 20.2. The Morgan fingerprint density at radius 3 is 1.54 bits per heavy atom. The summed E-state index contributed by atoms with van der Waals surface area (Å²) in [6, 6.07) is -5.78. The molecule has 17 N–H and O–H groups in total. The van der Waals surface area contributed by atoms with Crippen LogP contribution in [0.3, 0.4) is 0 Å². The second-order valence-corrected chi connectivity index (χ2v) is 15.5. The Kier molecular flexibility index (Phi) is 23.8. The molecule has 0 aromatic heterocycles. The molecular formula is C39H63N9O15. The van der Waals surface area contributed by atoms with Crippen molar-refractivity contribution < 1.29 is 73.8 Å². The van der Waals surface area contributed by atoms with Gasteiger partial charge < -0.3 is 79.3 Å². The highest BCUT2D eigenvalue weighted by molar-refractivity contribution is 5.98. The number of rotatable bonds is 28. The highest BCUT2D eigenvalue weighted by Crippen LogP contribution is 2.13. The molecule has 0 bridgehead atoms. The van der Waals surface area contributed by atoms with E-state index < -0.39 is 127 Å². The summed E-state index contributed by atoms with van der Waals surface area (Å²) in [4.78, 5) is 116. The van der Waals surface area contributed by atoms with Gasteiger partial charge in [-0.1, -0.05) is 26.0 Å². The van der Waals surface area contributed by atoms with Gasteiger partial charge in [-0.2, -0.15) is 0 Å². The quantitative estimate of drug-likeness (QED) is 0.0351. The van der Waals surface area contributed by atoms with Crippen LogP contribution in [0.4, 0.5) is 0 Å². The van der Waals surface area contributed by atoms with E-state index in [-0.39, 0.29) is 37.5 Å². The number of phenols is 1. The molecule has 10 unspecified atom stereocenters. The molecule has 0 saturated carbocycles. The SMILES string of the molecule is CC(C)CC(NC(=O)C(CC(=O)O)NC(=O)C(CCCCN)NC(=O)C(N)C(C)O)C(=O)NC(C(=O)NC(C(=O)NC(Cc1ccc(O)cc1)C(=O)NCC(=O)O)C(C)O)C(C)O. The number of aliphatic hydroxyl groups is 3. The molecule has 0 fully saturated rings. The van der Waals surface area contributed by atoms with Crippen molar-refractivity contribution in [1.29, 1.82) is 0 Å². The van der Waals surface area contributed by atoms with Crippen molar-refractivity contribution >= 4 is 53.3 Å². The molecule has 1 rings (SSSR count). The Hall–Kier alpha value is -5.95. The first-order valence-corrected chi connectivity index (χ1v) is 20.2. The molecule has 1 aromatic carbocycles. The van der Waals surface area contributed by atoms with Crippen molar-refractivity contribution in [3.63, 3.8) is 0 Å². The number of carboxylic acids is 2. The minimum absolute atomic E-state index is 0.00994. The summed E-state index contributed by atoms with van der Waals surface area (Å²) in [6.45, 7) is 6.23. The number of nitrogens with two attached hydrogens (primary N) is 2. The molecule has 1 aromatic rings. The molecule has 0 heterocycles. The topological polar surface area (TPSA) is 411 Å². The third-order valence-corrected chi connectivity index (χ3v) is 9.30. The molecule has 63 heavy (non-hydrogen) atoms. The standard InChI is InChI=1S/C39H63N9O15/c1-18(2)14-25(44-35(59)27(16-28(53)54)45-34(58)24(8-6-7-13-40)43-37(61)30(41)19(3)49)36(60)47-32(21(5)51)39(63)48-31(20(4)50)38(62)46-26(33(57)42-17-29(55)56)15-22-9-11-23(52)12-10-22/h9-12,18-21,24-27,30-32,49-52H,6-8,13-17,40-41H2,1-5H3,(H,42,57)(H,43,61)(H,44,59)(H,45,58)(H,46,62)(H,47,60)(H,48,63)(H,53,54)(H,55,56). The predicted molar refractivity (Wildman–Crippen MR) is 222 cm³/mol. The number of carbonyl (C=O) groups is 9.